The van der Waals surface area contributed by atoms with Crippen molar-refractivity contribution >= 4 is 22.8 Å². The van der Waals surface area contributed by atoms with Crippen LogP contribution in [0.1, 0.15) is 29.5 Å². The van der Waals surface area contributed by atoms with Gasteiger partial charge < -0.3 is 14.5 Å². The van der Waals surface area contributed by atoms with Crippen LogP contribution in [-0.2, 0) is 11.2 Å². The van der Waals surface area contributed by atoms with Crippen molar-refractivity contribution in [2.24, 2.45) is 0 Å². The second-order valence-corrected chi connectivity index (χ2v) is 4.52. The molecule has 5 nitrogen and oxygen atoms in total. The molecular weight excluding hydrogens is 246 g/mol. The van der Waals surface area contributed by atoms with Crippen molar-refractivity contribution in [3.05, 3.63) is 29.5 Å². The summed E-state index contributed by atoms with van der Waals surface area (Å²) < 4.78 is 10.6. The van der Waals surface area contributed by atoms with Crippen LogP contribution < -0.4 is 10.1 Å². The van der Waals surface area contributed by atoms with E-state index in [4.69, 9.17) is 9.15 Å². The maximum Gasteiger partial charge on any atom is 0.308 e. The fraction of sp³-hybridized carbons (Fsp3) is 0.286. The standard InChI is InChI=1S/C14H13NO4/c1-8(16)18-9-4-5-12-11(7-9)10-3-2-6-15-14(17)13(10)19-12/h4-5,7H,2-3,6H2,1H3,(H,15,17). The van der Waals surface area contributed by atoms with Crippen LogP contribution in [0.4, 0.5) is 0 Å². The lowest BCUT2D eigenvalue weighted by Crippen LogP contribution is -2.22. The van der Waals surface area contributed by atoms with Crippen LogP contribution in [-0.4, -0.2) is 18.4 Å². The molecular formula is C14H13NO4. The number of ether oxygens (including phenoxy) is 1. The minimum atomic E-state index is -0.369. The molecule has 1 aliphatic heterocycles. The number of hydrogen-bond donors (Lipinski definition) is 1. The molecule has 3 rings (SSSR count). The first-order valence-corrected chi connectivity index (χ1v) is 6.17. The number of fused-ring (bicyclic) bond motifs is 3. The zero-order chi connectivity index (χ0) is 13.4. The lowest BCUT2D eigenvalue weighted by molar-refractivity contribution is -0.131. The van der Waals surface area contributed by atoms with Gasteiger partial charge in [0.1, 0.15) is 11.3 Å². The van der Waals surface area contributed by atoms with E-state index >= 15 is 0 Å². The third kappa shape index (κ3) is 2.07. The number of esters is 1. The molecule has 19 heavy (non-hydrogen) atoms. The van der Waals surface area contributed by atoms with E-state index in [-0.39, 0.29) is 11.9 Å². The molecule has 2 aromatic rings. The second-order valence-electron chi connectivity index (χ2n) is 4.52. The number of carbonyl (C=O) groups excluding carboxylic acids is 2. The molecule has 1 N–H and O–H groups in total. The van der Waals surface area contributed by atoms with E-state index in [0.29, 0.717) is 23.6 Å². The van der Waals surface area contributed by atoms with E-state index in [1.54, 1.807) is 18.2 Å². The van der Waals surface area contributed by atoms with Crippen molar-refractivity contribution in [3.63, 3.8) is 0 Å². The third-order valence-corrected chi connectivity index (χ3v) is 3.12. The van der Waals surface area contributed by atoms with Crippen LogP contribution in [0, 0.1) is 0 Å². The zero-order valence-corrected chi connectivity index (χ0v) is 10.5. The zero-order valence-electron chi connectivity index (χ0n) is 10.5. The number of rotatable bonds is 1. The summed E-state index contributed by atoms with van der Waals surface area (Å²) in [5.74, 6) is 0.283. The largest absolute Gasteiger partial charge is 0.451 e. The molecule has 1 amide bonds. The highest BCUT2D eigenvalue weighted by Gasteiger charge is 2.22. The van der Waals surface area contributed by atoms with Gasteiger partial charge in [-0.25, -0.2) is 0 Å². The Kier molecular flexibility index (Phi) is 2.74. The van der Waals surface area contributed by atoms with E-state index in [1.807, 2.05) is 0 Å². The van der Waals surface area contributed by atoms with Gasteiger partial charge in [-0.2, -0.15) is 0 Å². The summed E-state index contributed by atoms with van der Waals surface area (Å²) >= 11 is 0. The predicted octanol–water partition coefficient (Wildman–Crippen LogP) is 2.03. The fourth-order valence-electron chi connectivity index (χ4n) is 2.34. The van der Waals surface area contributed by atoms with Crippen LogP contribution in [0.2, 0.25) is 0 Å². The summed E-state index contributed by atoms with van der Waals surface area (Å²) in [4.78, 5) is 22.8. The molecule has 0 atom stereocenters. The fourth-order valence-corrected chi connectivity index (χ4v) is 2.34. The van der Waals surface area contributed by atoms with Crippen LogP contribution in [0.25, 0.3) is 11.0 Å². The Hall–Kier alpha value is -2.30. The van der Waals surface area contributed by atoms with Crippen LogP contribution >= 0.6 is 0 Å². The van der Waals surface area contributed by atoms with E-state index in [2.05, 4.69) is 5.32 Å². The lowest BCUT2D eigenvalue weighted by Gasteiger charge is -2.01. The molecule has 1 aromatic carbocycles. The van der Waals surface area contributed by atoms with Crippen molar-refractivity contribution in [2.45, 2.75) is 19.8 Å². The number of nitrogens with one attached hydrogen (secondary N) is 1. The Morgan fingerprint density at radius 2 is 2.26 bits per heavy atom. The van der Waals surface area contributed by atoms with E-state index in [9.17, 15) is 9.59 Å². The molecule has 0 bridgehead atoms. The van der Waals surface area contributed by atoms with Gasteiger partial charge in [0, 0.05) is 24.4 Å². The highest BCUT2D eigenvalue weighted by molar-refractivity contribution is 5.99. The smallest absolute Gasteiger partial charge is 0.308 e. The van der Waals surface area contributed by atoms with Crippen molar-refractivity contribution in [2.75, 3.05) is 6.54 Å². The monoisotopic (exact) mass is 259 g/mol. The van der Waals surface area contributed by atoms with Crippen molar-refractivity contribution < 1.29 is 18.7 Å². The minimum absolute atomic E-state index is 0.183. The molecule has 1 aliphatic rings. The molecule has 5 heteroatoms. The first kappa shape index (κ1) is 11.8. The normalized spacial score (nSPS) is 14.7. The summed E-state index contributed by atoms with van der Waals surface area (Å²) in [6.45, 7) is 2.00. The van der Waals surface area contributed by atoms with Gasteiger partial charge in [0.15, 0.2) is 5.76 Å². The van der Waals surface area contributed by atoms with Gasteiger partial charge in [0.05, 0.1) is 0 Å². The highest BCUT2D eigenvalue weighted by Crippen LogP contribution is 2.31. The van der Waals surface area contributed by atoms with Gasteiger partial charge in [-0.1, -0.05) is 0 Å². The Labute approximate surface area is 109 Å². The molecule has 0 fully saturated rings. The molecule has 0 aliphatic carbocycles. The van der Waals surface area contributed by atoms with E-state index < -0.39 is 0 Å². The van der Waals surface area contributed by atoms with Gasteiger partial charge in [0.2, 0.25) is 0 Å². The van der Waals surface area contributed by atoms with Crippen LogP contribution in [0.3, 0.4) is 0 Å². The van der Waals surface area contributed by atoms with Gasteiger partial charge >= 0.3 is 5.97 Å². The minimum Gasteiger partial charge on any atom is -0.451 e. The third-order valence-electron chi connectivity index (χ3n) is 3.12. The summed E-state index contributed by atoms with van der Waals surface area (Å²) in [6, 6.07) is 5.12. The van der Waals surface area contributed by atoms with Gasteiger partial charge in [-0.15, -0.1) is 0 Å². The van der Waals surface area contributed by atoms with Crippen LogP contribution in [0.5, 0.6) is 5.75 Å². The molecule has 0 spiro atoms. The topological polar surface area (TPSA) is 68.5 Å². The number of benzene rings is 1. The lowest BCUT2D eigenvalue weighted by atomic mass is 10.1. The second kappa shape index (κ2) is 4.42. The molecule has 0 saturated heterocycles. The molecule has 98 valence electrons. The SMILES string of the molecule is CC(=O)Oc1ccc2oc3c(c2c1)CCCNC3=O. The van der Waals surface area contributed by atoms with Crippen molar-refractivity contribution in [3.8, 4) is 5.75 Å². The number of aryl methyl sites for hydroxylation is 1. The summed E-state index contributed by atoms with van der Waals surface area (Å²) in [5.41, 5.74) is 1.52. The van der Waals surface area contributed by atoms with E-state index in [0.717, 1.165) is 23.8 Å². The molecule has 0 unspecified atom stereocenters. The molecule has 0 radical (unpaired) electrons. The summed E-state index contributed by atoms with van der Waals surface area (Å²) in [6.07, 6.45) is 1.63. The first-order chi connectivity index (χ1) is 9.15. The molecule has 2 heterocycles. The number of carbonyl (C=O) groups is 2. The van der Waals surface area contributed by atoms with Crippen molar-refractivity contribution in [1.82, 2.24) is 5.32 Å². The quantitative estimate of drug-likeness (QED) is 0.628. The van der Waals surface area contributed by atoms with E-state index in [1.165, 1.54) is 6.92 Å². The maximum absolute atomic E-state index is 11.8. The van der Waals surface area contributed by atoms with Crippen molar-refractivity contribution in [1.29, 1.82) is 0 Å². The molecule has 0 saturated carbocycles. The number of furan rings is 1. The average molecular weight is 259 g/mol. The maximum atomic E-state index is 11.8. The average Bonchev–Trinajstić information content (AvgIpc) is 2.62. The molecule has 1 aromatic heterocycles. The summed E-state index contributed by atoms with van der Waals surface area (Å²) in [5, 5.41) is 3.63. The van der Waals surface area contributed by atoms with Crippen LogP contribution in [0.15, 0.2) is 22.6 Å². The Balaban J connectivity index is 2.14. The summed E-state index contributed by atoms with van der Waals surface area (Å²) in [7, 11) is 0. The predicted molar refractivity (Wildman–Crippen MR) is 68.2 cm³/mol. The Morgan fingerprint density at radius 1 is 1.42 bits per heavy atom. The van der Waals surface area contributed by atoms with Gasteiger partial charge in [-0.05, 0) is 31.0 Å². The van der Waals surface area contributed by atoms with Gasteiger partial charge in [-0.3, -0.25) is 9.59 Å². The highest BCUT2D eigenvalue weighted by atomic mass is 16.5. The Morgan fingerprint density at radius 3 is 3.05 bits per heavy atom. The first-order valence-electron chi connectivity index (χ1n) is 6.17. The number of hydrogen-bond acceptors (Lipinski definition) is 4. The number of amides is 1. The van der Waals surface area contributed by atoms with Gasteiger partial charge in [0.25, 0.3) is 5.91 Å². The Bertz CT molecular complexity index is 671.